The van der Waals surface area contributed by atoms with Crippen LogP contribution >= 0.6 is 11.6 Å². The first-order valence-corrected chi connectivity index (χ1v) is 8.28. The van der Waals surface area contributed by atoms with Gasteiger partial charge in [-0.2, -0.15) is 0 Å². The average molecular weight is 339 g/mol. The summed E-state index contributed by atoms with van der Waals surface area (Å²) in [6.45, 7) is 2.31. The van der Waals surface area contributed by atoms with Crippen LogP contribution in [-0.4, -0.2) is 12.5 Å². The summed E-state index contributed by atoms with van der Waals surface area (Å²) in [5.74, 6) is -0.0793. The SMILES string of the molecule is C[C@H](NCC(=O)Nc1ccc(Cl)cc1)c1cccc2ccccc12. The van der Waals surface area contributed by atoms with E-state index in [4.69, 9.17) is 11.6 Å². The van der Waals surface area contributed by atoms with Gasteiger partial charge in [0, 0.05) is 16.8 Å². The quantitative estimate of drug-likeness (QED) is 0.702. The predicted molar refractivity (Wildman–Crippen MR) is 100 cm³/mol. The Morgan fingerprint density at radius 1 is 1.00 bits per heavy atom. The topological polar surface area (TPSA) is 41.1 Å². The molecule has 4 heteroatoms. The van der Waals surface area contributed by atoms with Gasteiger partial charge in [0.2, 0.25) is 5.91 Å². The zero-order valence-corrected chi connectivity index (χ0v) is 14.2. The molecule has 0 radical (unpaired) electrons. The molecule has 3 nitrogen and oxygen atoms in total. The molecule has 0 spiro atoms. The van der Waals surface area contributed by atoms with Crippen molar-refractivity contribution in [3.05, 3.63) is 77.3 Å². The molecular formula is C20H19ClN2O. The average Bonchev–Trinajstić information content (AvgIpc) is 2.61. The second kappa shape index (κ2) is 7.47. The maximum absolute atomic E-state index is 12.1. The van der Waals surface area contributed by atoms with Crippen molar-refractivity contribution in [1.82, 2.24) is 5.32 Å². The van der Waals surface area contributed by atoms with Gasteiger partial charge in [0.05, 0.1) is 6.54 Å². The normalized spacial score (nSPS) is 12.1. The van der Waals surface area contributed by atoms with Gasteiger partial charge < -0.3 is 10.6 Å². The Hall–Kier alpha value is -2.36. The van der Waals surface area contributed by atoms with E-state index in [0.29, 0.717) is 5.02 Å². The lowest BCUT2D eigenvalue weighted by atomic mass is 10.00. The van der Waals surface area contributed by atoms with E-state index in [1.165, 1.54) is 16.3 Å². The highest BCUT2D eigenvalue weighted by atomic mass is 35.5. The molecule has 0 saturated heterocycles. The summed E-state index contributed by atoms with van der Waals surface area (Å²) in [6.07, 6.45) is 0. The lowest BCUT2D eigenvalue weighted by molar-refractivity contribution is -0.115. The van der Waals surface area contributed by atoms with Crippen molar-refractivity contribution < 1.29 is 4.79 Å². The molecule has 2 N–H and O–H groups in total. The Bertz CT molecular complexity index is 840. The Balaban J connectivity index is 1.63. The Morgan fingerprint density at radius 2 is 1.71 bits per heavy atom. The van der Waals surface area contributed by atoms with Gasteiger partial charge in [-0.15, -0.1) is 0 Å². The number of hydrogen-bond donors (Lipinski definition) is 2. The molecule has 0 heterocycles. The van der Waals surface area contributed by atoms with Gasteiger partial charge in [-0.1, -0.05) is 54.1 Å². The fourth-order valence-electron chi connectivity index (χ4n) is 2.72. The van der Waals surface area contributed by atoms with Crippen molar-refractivity contribution in [3.63, 3.8) is 0 Å². The number of carbonyl (C=O) groups excluding carboxylic acids is 1. The second-order valence-corrected chi connectivity index (χ2v) is 6.16. The van der Waals surface area contributed by atoms with Crippen molar-refractivity contribution in [2.45, 2.75) is 13.0 Å². The van der Waals surface area contributed by atoms with E-state index in [9.17, 15) is 4.79 Å². The maximum Gasteiger partial charge on any atom is 0.238 e. The summed E-state index contributed by atoms with van der Waals surface area (Å²) in [7, 11) is 0. The number of anilines is 1. The first-order valence-electron chi connectivity index (χ1n) is 7.90. The standard InChI is InChI=1S/C20H19ClN2O/c1-14(18-8-4-6-15-5-2-3-7-19(15)18)22-13-20(24)23-17-11-9-16(21)10-12-17/h2-12,14,22H,13H2,1H3,(H,23,24)/t14-/m0/s1. The van der Waals surface area contributed by atoms with Crippen molar-refractivity contribution in [2.75, 3.05) is 11.9 Å². The van der Waals surface area contributed by atoms with E-state index < -0.39 is 0 Å². The molecule has 0 aliphatic carbocycles. The van der Waals surface area contributed by atoms with Gasteiger partial charge >= 0.3 is 0 Å². The van der Waals surface area contributed by atoms with Crippen LogP contribution in [0.25, 0.3) is 10.8 Å². The fraction of sp³-hybridized carbons (Fsp3) is 0.150. The number of hydrogen-bond acceptors (Lipinski definition) is 2. The summed E-state index contributed by atoms with van der Waals surface area (Å²) >= 11 is 5.84. The third-order valence-electron chi connectivity index (χ3n) is 3.99. The molecule has 3 aromatic carbocycles. The van der Waals surface area contributed by atoms with E-state index in [2.05, 4.69) is 41.8 Å². The lowest BCUT2D eigenvalue weighted by Crippen LogP contribution is -2.30. The molecule has 0 aliphatic rings. The number of carbonyl (C=O) groups is 1. The first kappa shape index (κ1) is 16.5. The molecule has 0 aromatic heterocycles. The van der Waals surface area contributed by atoms with Crippen LogP contribution in [0.15, 0.2) is 66.7 Å². The highest BCUT2D eigenvalue weighted by Gasteiger charge is 2.10. The molecule has 0 bridgehead atoms. The molecule has 3 rings (SSSR count). The minimum absolute atomic E-state index is 0.0760. The van der Waals surface area contributed by atoms with Crippen LogP contribution in [0.5, 0.6) is 0 Å². The molecule has 24 heavy (non-hydrogen) atoms. The number of nitrogens with one attached hydrogen (secondary N) is 2. The van der Waals surface area contributed by atoms with Crippen LogP contribution < -0.4 is 10.6 Å². The van der Waals surface area contributed by atoms with Gasteiger partial charge in [0.1, 0.15) is 0 Å². The molecule has 1 amide bonds. The maximum atomic E-state index is 12.1. The van der Waals surface area contributed by atoms with Gasteiger partial charge in [-0.25, -0.2) is 0 Å². The van der Waals surface area contributed by atoms with Crippen LogP contribution in [0.2, 0.25) is 5.02 Å². The van der Waals surface area contributed by atoms with E-state index >= 15 is 0 Å². The summed E-state index contributed by atoms with van der Waals surface area (Å²) in [6, 6.07) is 21.7. The van der Waals surface area contributed by atoms with Crippen LogP contribution in [-0.2, 0) is 4.79 Å². The van der Waals surface area contributed by atoms with Crippen molar-refractivity contribution >= 4 is 34.0 Å². The fourth-order valence-corrected chi connectivity index (χ4v) is 2.85. The third-order valence-corrected chi connectivity index (χ3v) is 4.24. The van der Waals surface area contributed by atoms with Crippen molar-refractivity contribution in [3.8, 4) is 0 Å². The van der Waals surface area contributed by atoms with Gasteiger partial charge in [-0.3, -0.25) is 4.79 Å². The smallest absolute Gasteiger partial charge is 0.238 e. The highest BCUT2D eigenvalue weighted by molar-refractivity contribution is 6.30. The summed E-state index contributed by atoms with van der Waals surface area (Å²) in [5.41, 5.74) is 1.93. The zero-order chi connectivity index (χ0) is 16.9. The highest BCUT2D eigenvalue weighted by Crippen LogP contribution is 2.23. The molecule has 0 aliphatic heterocycles. The molecule has 3 aromatic rings. The van der Waals surface area contributed by atoms with Crippen LogP contribution in [0.3, 0.4) is 0 Å². The van der Waals surface area contributed by atoms with E-state index in [1.54, 1.807) is 24.3 Å². The van der Waals surface area contributed by atoms with E-state index in [0.717, 1.165) is 5.69 Å². The number of benzene rings is 3. The van der Waals surface area contributed by atoms with Crippen LogP contribution in [0.4, 0.5) is 5.69 Å². The molecule has 0 unspecified atom stereocenters. The third kappa shape index (κ3) is 3.94. The van der Waals surface area contributed by atoms with Crippen molar-refractivity contribution in [2.24, 2.45) is 0 Å². The largest absolute Gasteiger partial charge is 0.325 e. The lowest BCUT2D eigenvalue weighted by Gasteiger charge is -2.16. The summed E-state index contributed by atoms with van der Waals surface area (Å²) in [4.78, 5) is 12.1. The van der Waals surface area contributed by atoms with E-state index in [-0.39, 0.29) is 18.5 Å². The Morgan fingerprint density at radius 3 is 2.50 bits per heavy atom. The number of halogens is 1. The van der Waals surface area contributed by atoms with Crippen LogP contribution in [0, 0.1) is 0 Å². The summed E-state index contributed by atoms with van der Waals surface area (Å²) < 4.78 is 0. The van der Waals surface area contributed by atoms with Gasteiger partial charge in [0.25, 0.3) is 0 Å². The number of fused-ring (bicyclic) bond motifs is 1. The molecule has 122 valence electrons. The van der Waals surface area contributed by atoms with Gasteiger partial charge in [-0.05, 0) is 47.5 Å². The molecular weight excluding hydrogens is 320 g/mol. The first-order chi connectivity index (χ1) is 11.6. The molecule has 0 saturated carbocycles. The van der Waals surface area contributed by atoms with Crippen molar-refractivity contribution in [1.29, 1.82) is 0 Å². The second-order valence-electron chi connectivity index (χ2n) is 5.73. The minimum atomic E-state index is -0.0793. The zero-order valence-electron chi connectivity index (χ0n) is 13.4. The summed E-state index contributed by atoms with van der Waals surface area (Å²) in [5, 5.41) is 9.20. The minimum Gasteiger partial charge on any atom is -0.325 e. The van der Waals surface area contributed by atoms with Gasteiger partial charge in [0.15, 0.2) is 0 Å². The Kier molecular flexibility index (Phi) is 5.14. The number of rotatable bonds is 5. The monoisotopic (exact) mass is 338 g/mol. The molecule has 1 atom stereocenters. The van der Waals surface area contributed by atoms with E-state index in [1.807, 2.05) is 18.2 Å². The number of amides is 1. The molecule has 0 fully saturated rings. The Labute approximate surface area is 146 Å². The van der Waals surface area contributed by atoms with Crippen LogP contribution in [0.1, 0.15) is 18.5 Å². The predicted octanol–water partition coefficient (Wildman–Crippen LogP) is 4.78.